The number of aromatic nitrogens is 3. The van der Waals surface area contributed by atoms with Crippen molar-refractivity contribution in [1.29, 1.82) is 0 Å². The SMILES string of the molecule is Cc1nc(=O)n(Cc2cscn2)c(C)c1C(C)C(=O)O. The second-order valence-electron chi connectivity index (χ2n) is 4.60. The van der Waals surface area contributed by atoms with Crippen LogP contribution in [0.1, 0.15) is 35.5 Å². The summed E-state index contributed by atoms with van der Waals surface area (Å²) in [6, 6.07) is 0. The van der Waals surface area contributed by atoms with Gasteiger partial charge in [0, 0.05) is 22.3 Å². The number of aliphatic carboxylic acids is 1. The van der Waals surface area contributed by atoms with Crippen LogP contribution in [0.15, 0.2) is 15.7 Å². The van der Waals surface area contributed by atoms with Crippen molar-refractivity contribution in [3.63, 3.8) is 0 Å². The molecule has 6 nitrogen and oxygen atoms in total. The maximum absolute atomic E-state index is 12.0. The van der Waals surface area contributed by atoms with E-state index in [1.165, 1.54) is 15.9 Å². The van der Waals surface area contributed by atoms with Crippen LogP contribution < -0.4 is 5.69 Å². The van der Waals surface area contributed by atoms with E-state index < -0.39 is 11.9 Å². The lowest BCUT2D eigenvalue weighted by molar-refractivity contribution is -0.138. The summed E-state index contributed by atoms with van der Waals surface area (Å²) in [6.07, 6.45) is 0. The highest BCUT2D eigenvalue weighted by atomic mass is 32.1. The van der Waals surface area contributed by atoms with E-state index in [9.17, 15) is 14.7 Å². The van der Waals surface area contributed by atoms with E-state index in [1.807, 2.05) is 5.38 Å². The predicted octanol–water partition coefficient (Wildman–Crippen LogP) is 1.55. The molecule has 0 bridgehead atoms. The zero-order chi connectivity index (χ0) is 14.9. The van der Waals surface area contributed by atoms with Gasteiger partial charge < -0.3 is 5.11 Å². The summed E-state index contributed by atoms with van der Waals surface area (Å²) in [6.45, 7) is 5.31. The molecule has 0 aliphatic heterocycles. The Balaban J connectivity index is 2.55. The highest BCUT2D eigenvalue weighted by molar-refractivity contribution is 7.07. The van der Waals surface area contributed by atoms with Crippen molar-refractivity contribution in [3.8, 4) is 0 Å². The summed E-state index contributed by atoms with van der Waals surface area (Å²) in [7, 11) is 0. The molecule has 0 saturated carbocycles. The minimum atomic E-state index is -0.933. The van der Waals surface area contributed by atoms with Gasteiger partial charge in [-0.15, -0.1) is 11.3 Å². The first-order valence-electron chi connectivity index (χ1n) is 6.09. The first kappa shape index (κ1) is 14.4. The number of hydrogen-bond acceptors (Lipinski definition) is 5. The minimum Gasteiger partial charge on any atom is -0.481 e. The number of carboxylic acid groups (broad SMARTS) is 1. The lowest BCUT2D eigenvalue weighted by Crippen LogP contribution is -2.29. The molecule has 2 rings (SSSR count). The second-order valence-corrected chi connectivity index (χ2v) is 5.32. The Bertz CT molecular complexity index is 692. The van der Waals surface area contributed by atoms with Crippen LogP contribution in [0.25, 0.3) is 0 Å². The van der Waals surface area contributed by atoms with Crippen molar-refractivity contribution in [2.45, 2.75) is 33.2 Å². The number of thiazole rings is 1. The van der Waals surface area contributed by atoms with Gasteiger partial charge in [-0.25, -0.2) is 9.78 Å². The first-order valence-corrected chi connectivity index (χ1v) is 7.04. The van der Waals surface area contributed by atoms with Gasteiger partial charge >= 0.3 is 11.7 Å². The Morgan fingerprint density at radius 2 is 2.20 bits per heavy atom. The molecule has 0 spiro atoms. The quantitative estimate of drug-likeness (QED) is 0.924. The largest absolute Gasteiger partial charge is 0.481 e. The molecule has 0 saturated heterocycles. The molecular formula is C13H15N3O3S. The summed E-state index contributed by atoms with van der Waals surface area (Å²) in [5.41, 5.74) is 3.77. The van der Waals surface area contributed by atoms with Crippen molar-refractivity contribution < 1.29 is 9.90 Å². The third kappa shape index (κ3) is 2.62. The molecule has 2 aromatic rings. The van der Waals surface area contributed by atoms with Gasteiger partial charge in [-0.2, -0.15) is 4.98 Å². The molecule has 2 aromatic heterocycles. The summed E-state index contributed by atoms with van der Waals surface area (Å²) in [5, 5.41) is 11.0. The molecule has 106 valence electrons. The molecule has 0 radical (unpaired) electrons. The first-order chi connectivity index (χ1) is 9.41. The van der Waals surface area contributed by atoms with Crippen molar-refractivity contribution in [2.75, 3.05) is 0 Å². The lowest BCUT2D eigenvalue weighted by Gasteiger charge is -2.17. The number of hydrogen-bond donors (Lipinski definition) is 1. The van der Waals surface area contributed by atoms with Gasteiger partial charge in [0.15, 0.2) is 0 Å². The maximum atomic E-state index is 12.0. The fourth-order valence-corrected chi connectivity index (χ4v) is 2.78. The molecule has 0 fully saturated rings. The molecule has 0 aliphatic carbocycles. The van der Waals surface area contributed by atoms with Crippen LogP contribution in [0, 0.1) is 13.8 Å². The molecule has 2 heterocycles. The van der Waals surface area contributed by atoms with E-state index in [-0.39, 0.29) is 5.69 Å². The van der Waals surface area contributed by atoms with Gasteiger partial charge in [0.05, 0.1) is 23.7 Å². The van der Waals surface area contributed by atoms with E-state index in [4.69, 9.17) is 0 Å². The van der Waals surface area contributed by atoms with E-state index >= 15 is 0 Å². The average molecular weight is 293 g/mol. The third-order valence-electron chi connectivity index (χ3n) is 3.29. The summed E-state index contributed by atoms with van der Waals surface area (Å²) < 4.78 is 1.47. The Morgan fingerprint density at radius 3 is 2.75 bits per heavy atom. The molecule has 0 aromatic carbocycles. The zero-order valence-electron chi connectivity index (χ0n) is 11.5. The highest BCUT2D eigenvalue weighted by Crippen LogP contribution is 2.21. The van der Waals surface area contributed by atoms with Crippen LogP contribution in [0.3, 0.4) is 0 Å². The van der Waals surface area contributed by atoms with Crippen LogP contribution in [0.2, 0.25) is 0 Å². The predicted molar refractivity (Wildman–Crippen MR) is 75.2 cm³/mol. The fourth-order valence-electron chi connectivity index (χ4n) is 2.23. The van der Waals surface area contributed by atoms with Gasteiger partial charge in [0.25, 0.3) is 0 Å². The van der Waals surface area contributed by atoms with Crippen LogP contribution in [0.5, 0.6) is 0 Å². The van der Waals surface area contributed by atoms with Crippen LogP contribution in [0.4, 0.5) is 0 Å². The maximum Gasteiger partial charge on any atom is 0.348 e. The lowest BCUT2D eigenvalue weighted by atomic mass is 9.98. The molecule has 1 unspecified atom stereocenters. The standard InChI is InChI=1S/C13H15N3O3S/c1-7(12(17)18)11-8(2)15-13(19)16(9(11)3)4-10-5-20-6-14-10/h5-7H,4H2,1-3H3,(H,17,18). The summed E-state index contributed by atoms with van der Waals surface area (Å²) in [5.74, 6) is -1.64. The monoisotopic (exact) mass is 293 g/mol. The Morgan fingerprint density at radius 1 is 1.50 bits per heavy atom. The van der Waals surface area contributed by atoms with Gasteiger partial charge in [0.2, 0.25) is 0 Å². The normalized spacial score (nSPS) is 12.3. The van der Waals surface area contributed by atoms with Crippen molar-refractivity contribution >= 4 is 17.3 Å². The second kappa shape index (κ2) is 5.54. The van der Waals surface area contributed by atoms with Gasteiger partial charge in [0.1, 0.15) is 0 Å². The van der Waals surface area contributed by atoms with Crippen LogP contribution >= 0.6 is 11.3 Å². The minimum absolute atomic E-state index is 0.306. The number of nitrogens with zero attached hydrogens (tertiary/aromatic N) is 3. The van der Waals surface area contributed by atoms with E-state index in [2.05, 4.69) is 9.97 Å². The molecule has 1 N–H and O–H groups in total. The Hall–Kier alpha value is -2.02. The summed E-state index contributed by atoms with van der Waals surface area (Å²) in [4.78, 5) is 31.3. The molecule has 0 amide bonds. The highest BCUT2D eigenvalue weighted by Gasteiger charge is 2.22. The number of carboxylic acids is 1. The molecule has 20 heavy (non-hydrogen) atoms. The summed E-state index contributed by atoms with van der Waals surface area (Å²) >= 11 is 1.45. The Labute approximate surface area is 119 Å². The van der Waals surface area contributed by atoms with E-state index in [0.29, 0.717) is 23.5 Å². The van der Waals surface area contributed by atoms with Crippen LogP contribution in [-0.2, 0) is 11.3 Å². The third-order valence-corrected chi connectivity index (χ3v) is 3.92. The van der Waals surface area contributed by atoms with Crippen molar-refractivity contribution in [1.82, 2.24) is 14.5 Å². The van der Waals surface area contributed by atoms with Crippen LogP contribution in [-0.4, -0.2) is 25.6 Å². The van der Waals surface area contributed by atoms with E-state index in [1.54, 1.807) is 26.3 Å². The molecule has 7 heteroatoms. The molecular weight excluding hydrogens is 278 g/mol. The zero-order valence-corrected chi connectivity index (χ0v) is 12.3. The van der Waals surface area contributed by atoms with Gasteiger partial charge in [-0.05, 0) is 20.8 Å². The van der Waals surface area contributed by atoms with E-state index in [0.717, 1.165) is 5.69 Å². The number of aryl methyl sites for hydroxylation is 1. The van der Waals surface area contributed by atoms with Gasteiger partial charge in [-0.1, -0.05) is 0 Å². The smallest absolute Gasteiger partial charge is 0.348 e. The average Bonchev–Trinajstić information content (AvgIpc) is 2.86. The van der Waals surface area contributed by atoms with Crippen molar-refractivity contribution in [2.24, 2.45) is 0 Å². The number of rotatable bonds is 4. The van der Waals surface area contributed by atoms with Gasteiger partial charge in [-0.3, -0.25) is 9.36 Å². The Kier molecular flexibility index (Phi) is 3.99. The molecule has 1 atom stereocenters. The van der Waals surface area contributed by atoms with Crippen molar-refractivity contribution in [3.05, 3.63) is 44.0 Å². The number of carbonyl (C=O) groups is 1. The molecule has 0 aliphatic rings. The fraction of sp³-hybridized carbons (Fsp3) is 0.385. The topological polar surface area (TPSA) is 85.1 Å².